The smallest absolute Gasteiger partial charge is 0.171 e. The maximum Gasteiger partial charge on any atom is 0.171 e. The van der Waals surface area contributed by atoms with E-state index in [9.17, 15) is 14.6 Å². The number of aliphatic hydroxyl groups is 2. The van der Waals surface area contributed by atoms with Crippen molar-refractivity contribution in [3.63, 3.8) is 0 Å². The molecule has 0 aromatic heterocycles. The molecular weight excluding hydrogens is 414 g/mol. The van der Waals surface area contributed by atoms with E-state index in [1.807, 2.05) is 0 Å². The summed E-state index contributed by atoms with van der Waals surface area (Å²) in [5.74, 6) is -0.205. The monoisotopic (exact) mass is 446 g/mol. The van der Waals surface area contributed by atoms with Gasteiger partial charge in [0.2, 0.25) is 0 Å². The van der Waals surface area contributed by atoms with Gasteiger partial charge in [-0.15, -0.1) is 0 Å². The Kier molecular flexibility index (Phi) is 7.01. The SMILES string of the molecule is CCCC1CCC(COc2ccc3c(c2F)C(O)C(O)c2c-3ccc(OCC)c2F)CC1. The van der Waals surface area contributed by atoms with Gasteiger partial charge in [0, 0.05) is 11.1 Å². The molecule has 2 aliphatic rings. The first kappa shape index (κ1) is 23.0. The molecular formula is C26H32F2O4. The number of hydrogen-bond acceptors (Lipinski definition) is 4. The van der Waals surface area contributed by atoms with Gasteiger partial charge in [0.05, 0.1) is 13.2 Å². The van der Waals surface area contributed by atoms with Crippen LogP contribution in [0.25, 0.3) is 11.1 Å². The zero-order chi connectivity index (χ0) is 22.8. The molecule has 2 atom stereocenters. The predicted octanol–water partition coefficient (Wildman–Crippen LogP) is 6.10. The van der Waals surface area contributed by atoms with E-state index in [0.717, 1.165) is 18.8 Å². The standard InChI is InChI=1S/C26H32F2O4/c1-3-5-15-6-8-16(9-7-15)14-32-20-13-11-18-17-10-12-19(31-4-2)23(27)21(17)25(29)26(30)22(18)24(20)28/h10-13,15-16,25-26,29-30H,3-9,14H2,1-2H3. The molecule has 0 bridgehead atoms. The fourth-order valence-electron chi connectivity index (χ4n) is 5.19. The number of ether oxygens (including phenoxy) is 2. The molecule has 4 nitrogen and oxygen atoms in total. The molecule has 2 N–H and O–H groups in total. The van der Waals surface area contributed by atoms with Crippen LogP contribution >= 0.6 is 0 Å². The van der Waals surface area contributed by atoms with Crippen molar-refractivity contribution in [2.75, 3.05) is 13.2 Å². The van der Waals surface area contributed by atoms with Crippen LogP contribution in [0, 0.1) is 23.5 Å². The van der Waals surface area contributed by atoms with E-state index in [1.165, 1.54) is 37.8 Å². The largest absolute Gasteiger partial charge is 0.491 e. The predicted molar refractivity (Wildman–Crippen MR) is 119 cm³/mol. The summed E-state index contributed by atoms with van der Waals surface area (Å²) >= 11 is 0. The van der Waals surface area contributed by atoms with Gasteiger partial charge in [-0.3, -0.25) is 0 Å². The zero-order valence-corrected chi connectivity index (χ0v) is 18.7. The van der Waals surface area contributed by atoms with Crippen molar-refractivity contribution >= 4 is 0 Å². The molecule has 0 spiro atoms. The third-order valence-electron chi connectivity index (χ3n) is 6.91. The van der Waals surface area contributed by atoms with Gasteiger partial charge in [0.25, 0.3) is 0 Å². The Labute approximate surface area is 188 Å². The fourth-order valence-corrected chi connectivity index (χ4v) is 5.19. The quantitative estimate of drug-likeness (QED) is 0.540. The zero-order valence-electron chi connectivity index (χ0n) is 18.7. The van der Waals surface area contributed by atoms with Crippen LogP contribution in [0.2, 0.25) is 0 Å². The molecule has 32 heavy (non-hydrogen) atoms. The molecule has 0 heterocycles. The van der Waals surface area contributed by atoms with Crippen LogP contribution in [0.5, 0.6) is 11.5 Å². The van der Waals surface area contributed by atoms with Crippen molar-refractivity contribution in [3.05, 3.63) is 47.0 Å². The van der Waals surface area contributed by atoms with Crippen molar-refractivity contribution in [1.29, 1.82) is 0 Å². The highest BCUT2D eigenvalue weighted by Crippen LogP contribution is 2.49. The van der Waals surface area contributed by atoms with Crippen LogP contribution in [0.4, 0.5) is 8.78 Å². The van der Waals surface area contributed by atoms with Crippen molar-refractivity contribution in [2.45, 2.75) is 64.6 Å². The number of fused-ring (bicyclic) bond motifs is 3. The molecule has 2 unspecified atom stereocenters. The third kappa shape index (κ3) is 4.23. The Bertz CT molecular complexity index is 953. The van der Waals surface area contributed by atoms with Gasteiger partial charge in [0.1, 0.15) is 12.2 Å². The Balaban J connectivity index is 1.56. The molecule has 2 aromatic rings. The van der Waals surface area contributed by atoms with Crippen LogP contribution in [-0.2, 0) is 0 Å². The normalized spacial score (nSPS) is 24.6. The molecule has 2 aliphatic carbocycles. The van der Waals surface area contributed by atoms with Gasteiger partial charge in [-0.1, -0.05) is 44.7 Å². The third-order valence-corrected chi connectivity index (χ3v) is 6.91. The summed E-state index contributed by atoms with van der Waals surface area (Å²) in [4.78, 5) is 0. The summed E-state index contributed by atoms with van der Waals surface area (Å²) < 4.78 is 41.4. The first-order valence-corrected chi connectivity index (χ1v) is 11.7. The summed E-state index contributed by atoms with van der Waals surface area (Å²) in [6.07, 6.45) is 3.80. The molecule has 0 amide bonds. The second-order valence-corrected chi connectivity index (χ2v) is 8.99. The number of hydrogen-bond donors (Lipinski definition) is 2. The van der Waals surface area contributed by atoms with Crippen LogP contribution < -0.4 is 9.47 Å². The van der Waals surface area contributed by atoms with E-state index in [4.69, 9.17) is 9.47 Å². The fraction of sp³-hybridized carbons (Fsp3) is 0.538. The van der Waals surface area contributed by atoms with Crippen LogP contribution in [0.3, 0.4) is 0 Å². The van der Waals surface area contributed by atoms with Crippen molar-refractivity contribution in [3.8, 4) is 22.6 Å². The van der Waals surface area contributed by atoms with Crippen LogP contribution in [0.15, 0.2) is 24.3 Å². The topological polar surface area (TPSA) is 58.9 Å². The Morgan fingerprint density at radius 3 is 1.78 bits per heavy atom. The highest BCUT2D eigenvalue weighted by molar-refractivity contribution is 5.76. The molecule has 2 aromatic carbocycles. The minimum atomic E-state index is -1.60. The van der Waals surface area contributed by atoms with Gasteiger partial charge in [-0.25, -0.2) is 8.78 Å². The highest BCUT2D eigenvalue weighted by Gasteiger charge is 2.37. The molecule has 174 valence electrons. The highest BCUT2D eigenvalue weighted by atomic mass is 19.1. The van der Waals surface area contributed by atoms with Crippen LogP contribution in [-0.4, -0.2) is 23.4 Å². The molecule has 0 saturated heterocycles. The van der Waals surface area contributed by atoms with Gasteiger partial charge >= 0.3 is 0 Å². The van der Waals surface area contributed by atoms with E-state index < -0.39 is 23.8 Å². The maximum atomic E-state index is 15.4. The summed E-state index contributed by atoms with van der Waals surface area (Å²) in [6.45, 7) is 4.63. The van der Waals surface area contributed by atoms with Gasteiger partial charge in [0.15, 0.2) is 23.1 Å². The van der Waals surface area contributed by atoms with E-state index >= 15 is 4.39 Å². The van der Waals surface area contributed by atoms with E-state index in [1.54, 1.807) is 19.1 Å². The summed E-state index contributed by atoms with van der Waals surface area (Å²) in [6, 6.07) is 6.20. The van der Waals surface area contributed by atoms with Gasteiger partial charge in [-0.2, -0.15) is 0 Å². The minimum Gasteiger partial charge on any atom is -0.491 e. The lowest BCUT2D eigenvalue weighted by molar-refractivity contribution is 0.0108. The van der Waals surface area contributed by atoms with Crippen molar-refractivity contribution in [1.82, 2.24) is 0 Å². The molecule has 0 aliphatic heterocycles. The minimum absolute atomic E-state index is 0.00460. The lowest BCUT2D eigenvalue weighted by Gasteiger charge is -2.31. The lowest BCUT2D eigenvalue weighted by Crippen LogP contribution is -2.22. The summed E-state index contributed by atoms with van der Waals surface area (Å²) in [5.41, 5.74) is 0.564. The second kappa shape index (κ2) is 9.75. The van der Waals surface area contributed by atoms with E-state index in [-0.39, 0.29) is 29.2 Å². The average molecular weight is 447 g/mol. The number of benzene rings is 2. The second-order valence-electron chi connectivity index (χ2n) is 8.99. The molecule has 6 heteroatoms. The summed E-state index contributed by atoms with van der Waals surface area (Å²) in [7, 11) is 0. The Morgan fingerprint density at radius 1 is 0.781 bits per heavy atom. The van der Waals surface area contributed by atoms with Crippen molar-refractivity contribution in [2.24, 2.45) is 11.8 Å². The number of halogens is 2. The number of aliphatic hydroxyl groups excluding tert-OH is 2. The molecule has 1 saturated carbocycles. The molecule has 0 radical (unpaired) electrons. The number of rotatable bonds is 7. The Hall–Kier alpha value is -2.18. The molecule has 4 rings (SSSR count). The molecule has 1 fully saturated rings. The van der Waals surface area contributed by atoms with E-state index in [0.29, 0.717) is 23.7 Å². The lowest BCUT2D eigenvalue weighted by atomic mass is 9.80. The maximum absolute atomic E-state index is 15.4. The van der Waals surface area contributed by atoms with Gasteiger partial charge in [-0.05, 0) is 54.9 Å². The van der Waals surface area contributed by atoms with Crippen molar-refractivity contribution < 1.29 is 28.5 Å². The Morgan fingerprint density at radius 2 is 1.28 bits per heavy atom. The average Bonchev–Trinajstić information content (AvgIpc) is 2.79. The first-order chi connectivity index (χ1) is 15.5. The summed E-state index contributed by atoms with van der Waals surface area (Å²) in [5, 5.41) is 21.3. The first-order valence-electron chi connectivity index (χ1n) is 11.7. The van der Waals surface area contributed by atoms with Gasteiger partial charge < -0.3 is 19.7 Å². The van der Waals surface area contributed by atoms with E-state index in [2.05, 4.69) is 6.92 Å². The van der Waals surface area contributed by atoms with Crippen LogP contribution in [0.1, 0.15) is 75.7 Å².